The van der Waals surface area contributed by atoms with Crippen LogP contribution in [-0.4, -0.2) is 9.97 Å². The van der Waals surface area contributed by atoms with E-state index in [2.05, 4.69) is 9.97 Å². The maximum atomic E-state index is 12.9. The molecule has 1 aromatic carbocycles. The van der Waals surface area contributed by atoms with E-state index in [1.807, 2.05) is 0 Å². The Balaban J connectivity index is 2.02. The van der Waals surface area contributed by atoms with Crippen molar-refractivity contribution < 1.29 is 13.5 Å². The molecule has 0 spiro atoms. The van der Waals surface area contributed by atoms with Crippen LogP contribution in [0.3, 0.4) is 0 Å². The van der Waals surface area contributed by atoms with E-state index in [9.17, 15) is 8.78 Å². The number of halogens is 3. The van der Waals surface area contributed by atoms with Crippen molar-refractivity contribution in [1.29, 1.82) is 0 Å². The monoisotopic (exact) mass is 256 g/mol. The molecule has 6 heteroatoms. The molecular weight excluding hydrogens is 250 g/mol. The normalized spacial score (nSPS) is 10.3. The fourth-order valence-electron chi connectivity index (χ4n) is 1.17. The van der Waals surface area contributed by atoms with Crippen molar-refractivity contribution in [2.24, 2.45) is 0 Å². The van der Waals surface area contributed by atoms with Gasteiger partial charge in [0.2, 0.25) is 5.28 Å². The fourth-order valence-corrected chi connectivity index (χ4v) is 1.27. The molecule has 17 heavy (non-hydrogen) atoms. The molecule has 0 radical (unpaired) electrons. The summed E-state index contributed by atoms with van der Waals surface area (Å²) in [5.41, 5.74) is 0.513. The standard InChI is InChI=1S/C11H7ClF2N2O/c12-11-15-4-8(5-16-11)17-6-7-1-2-9(13)10(14)3-7/h1-5H,6H2. The van der Waals surface area contributed by atoms with Gasteiger partial charge < -0.3 is 4.74 Å². The van der Waals surface area contributed by atoms with Crippen molar-refractivity contribution in [2.45, 2.75) is 6.61 Å². The van der Waals surface area contributed by atoms with Crippen LogP contribution in [0.25, 0.3) is 0 Å². The predicted octanol–water partition coefficient (Wildman–Crippen LogP) is 2.99. The number of nitrogens with zero attached hydrogens (tertiary/aromatic N) is 2. The SMILES string of the molecule is Fc1ccc(COc2cnc(Cl)nc2)cc1F. The zero-order valence-electron chi connectivity index (χ0n) is 8.53. The third-order valence-electron chi connectivity index (χ3n) is 1.99. The second-order valence-corrected chi connectivity index (χ2v) is 3.56. The van der Waals surface area contributed by atoms with Gasteiger partial charge in [-0.05, 0) is 29.3 Å². The Morgan fingerprint density at radius 2 is 1.82 bits per heavy atom. The minimum Gasteiger partial charge on any atom is -0.486 e. The summed E-state index contributed by atoms with van der Waals surface area (Å²) in [6, 6.07) is 3.56. The summed E-state index contributed by atoms with van der Waals surface area (Å²) >= 11 is 5.50. The number of hydrogen-bond donors (Lipinski definition) is 0. The molecule has 0 bridgehead atoms. The Morgan fingerprint density at radius 3 is 2.47 bits per heavy atom. The molecule has 0 amide bonds. The third kappa shape index (κ3) is 3.10. The van der Waals surface area contributed by atoms with Crippen LogP contribution in [0.15, 0.2) is 30.6 Å². The lowest BCUT2D eigenvalue weighted by atomic mass is 10.2. The highest BCUT2D eigenvalue weighted by atomic mass is 35.5. The van der Waals surface area contributed by atoms with Crippen LogP contribution in [0.5, 0.6) is 5.75 Å². The van der Waals surface area contributed by atoms with Gasteiger partial charge in [0.1, 0.15) is 6.61 Å². The van der Waals surface area contributed by atoms with Crippen LogP contribution in [0.2, 0.25) is 5.28 Å². The van der Waals surface area contributed by atoms with Crippen LogP contribution >= 0.6 is 11.6 Å². The van der Waals surface area contributed by atoms with Gasteiger partial charge in [-0.3, -0.25) is 0 Å². The van der Waals surface area contributed by atoms with Crippen molar-refractivity contribution >= 4 is 11.6 Å². The fraction of sp³-hybridized carbons (Fsp3) is 0.0909. The first-order valence-corrected chi connectivity index (χ1v) is 5.07. The maximum Gasteiger partial charge on any atom is 0.222 e. The summed E-state index contributed by atoms with van der Waals surface area (Å²) in [5.74, 6) is -1.39. The van der Waals surface area contributed by atoms with E-state index < -0.39 is 11.6 Å². The minimum absolute atomic E-state index is 0.0994. The summed E-state index contributed by atoms with van der Waals surface area (Å²) in [4.78, 5) is 7.44. The second kappa shape index (κ2) is 5.05. The Bertz CT molecular complexity index is 519. The van der Waals surface area contributed by atoms with Crippen LogP contribution in [-0.2, 0) is 6.61 Å². The first-order chi connectivity index (χ1) is 8.15. The van der Waals surface area contributed by atoms with Gasteiger partial charge in [0.15, 0.2) is 17.4 Å². The number of hydrogen-bond acceptors (Lipinski definition) is 3. The van der Waals surface area contributed by atoms with Crippen molar-refractivity contribution in [1.82, 2.24) is 9.97 Å². The topological polar surface area (TPSA) is 35.0 Å². The molecule has 3 nitrogen and oxygen atoms in total. The van der Waals surface area contributed by atoms with Gasteiger partial charge in [-0.2, -0.15) is 0 Å². The summed E-state index contributed by atoms with van der Waals surface area (Å²) in [5, 5.41) is 0.116. The quantitative estimate of drug-likeness (QED) is 0.792. The molecule has 0 saturated heterocycles. The van der Waals surface area contributed by atoms with Gasteiger partial charge in [0.05, 0.1) is 12.4 Å². The smallest absolute Gasteiger partial charge is 0.222 e. The molecule has 0 fully saturated rings. The second-order valence-electron chi connectivity index (χ2n) is 3.22. The Labute approximate surface area is 101 Å². The van der Waals surface area contributed by atoms with Gasteiger partial charge in [0.25, 0.3) is 0 Å². The van der Waals surface area contributed by atoms with E-state index in [1.165, 1.54) is 18.5 Å². The highest BCUT2D eigenvalue weighted by Crippen LogP contribution is 2.13. The maximum absolute atomic E-state index is 12.9. The van der Waals surface area contributed by atoms with E-state index in [0.29, 0.717) is 11.3 Å². The van der Waals surface area contributed by atoms with Crippen molar-refractivity contribution in [3.63, 3.8) is 0 Å². The zero-order valence-corrected chi connectivity index (χ0v) is 9.29. The lowest BCUT2D eigenvalue weighted by Gasteiger charge is -2.05. The molecule has 0 unspecified atom stereocenters. The molecule has 0 aliphatic carbocycles. The van der Waals surface area contributed by atoms with E-state index in [4.69, 9.17) is 16.3 Å². The molecule has 2 rings (SSSR count). The molecule has 0 atom stereocenters. The van der Waals surface area contributed by atoms with Gasteiger partial charge in [-0.15, -0.1) is 0 Å². The number of ether oxygens (including phenoxy) is 1. The molecule has 88 valence electrons. The van der Waals surface area contributed by atoms with Crippen molar-refractivity contribution in [2.75, 3.05) is 0 Å². The van der Waals surface area contributed by atoms with Gasteiger partial charge in [0, 0.05) is 0 Å². The van der Waals surface area contributed by atoms with Gasteiger partial charge in [-0.1, -0.05) is 6.07 Å². The number of rotatable bonds is 3. The van der Waals surface area contributed by atoms with Crippen LogP contribution in [0.4, 0.5) is 8.78 Å². The highest BCUT2D eigenvalue weighted by molar-refractivity contribution is 6.28. The number of aromatic nitrogens is 2. The van der Waals surface area contributed by atoms with E-state index in [-0.39, 0.29) is 11.9 Å². The molecule has 0 aliphatic heterocycles. The summed E-state index contributed by atoms with van der Waals surface area (Å²) in [6.07, 6.45) is 2.80. The largest absolute Gasteiger partial charge is 0.486 e. The molecule has 1 heterocycles. The zero-order chi connectivity index (χ0) is 12.3. The summed E-state index contributed by atoms with van der Waals surface area (Å²) in [7, 11) is 0. The van der Waals surface area contributed by atoms with Crippen LogP contribution < -0.4 is 4.74 Å². The number of benzene rings is 1. The van der Waals surface area contributed by atoms with Gasteiger partial charge >= 0.3 is 0 Å². The average Bonchev–Trinajstić information content (AvgIpc) is 2.33. The van der Waals surface area contributed by atoms with Crippen LogP contribution in [0, 0.1) is 11.6 Å². The lowest BCUT2D eigenvalue weighted by molar-refractivity contribution is 0.302. The van der Waals surface area contributed by atoms with E-state index >= 15 is 0 Å². The Kier molecular flexibility index (Phi) is 3.49. The van der Waals surface area contributed by atoms with E-state index in [0.717, 1.165) is 12.1 Å². The summed E-state index contributed by atoms with van der Waals surface area (Å²) < 4.78 is 30.8. The Morgan fingerprint density at radius 1 is 1.12 bits per heavy atom. The molecule has 1 aromatic heterocycles. The first kappa shape index (κ1) is 11.7. The minimum atomic E-state index is -0.904. The summed E-state index contributed by atoms with van der Waals surface area (Å²) in [6.45, 7) is 0.0994. The first-order valence-electron chi connectivity index (χ1n) is 4.69. The average molecular weight is 257 g/mol. The molecule has 0 saturated carbocycles. The molecule has 0 aliphatic rings. The van der Waals surface area contributed by atoms with Crippen molar-refractivity contribution in [3.05, 3.63) is 53.1 Å². The predicted molar refractivity (Wildman–Crippen MR) is 57.7 cm³/mol. The molecule has 0 N–H and O–H groups in total. The van der Waals surface area contributed by atoms with Crippen LogP contribution in [0.1, 0.15) is 5.56 Å². The third-order valence-corrected chi connectivity index (χ3v) is 2.18. The van der Waals surface area contributed by atoms with Crippen molar-refractivity contribution in [3.8, 4) is 5.75 Å². The van der Waals surface area contributed by atoms with E-state index in [1.54, 1.807) is 0 Å². The van der Waals surface area contributed by atoms with Gasteiger partial charge in [-0.25, -0.2) is 18.7 Å². The highest BCUT2D eigenvalue weighted by Gasteiger charge is 2.03. The Hall–Kier alpha value is -1.75. The molecular formula is C11H7ClF2N2O. The molecule has 2 aromatic rings. The lowest BCUT2D eigenvalue weighted by Crippen LogP contribution is -1.98.